The molecule has 0 aliphatic carbocycles. The third-order valence-corrected chi connectivity index (χ3v) is 2.51. The normalized spacial score (nSPS) is 12.1. The van der Waals surface area contributed by atoms with Crippen LogP contribution in [0.1, 0.15) is 26.7 Å². The Kier molecular flexibility index (Phi) is 7.96. The third kappa shape index (κ3) is 8.44. The predicted molar refractivity (Wildman–Crippen MR) is 83.9 cm³/mol. The molecule has 0 unspecified atom stereocenters. The molecule has 18 heavy (non-hydrogen) atoms. The van der Waals surface area contributed by atoms with E-state index >= 15 is 0 Å². The highest BCUT2D eigenvalue weighted by atomic mass is 32.2. The average molecular weight is 331 g/mol. The summed E-state index contributed by atoms with van der Waals surface area (Å²) in [5, 5.41) is 0. The standard InChI is InChI=1S/C10H18O4S4/c1-9(15,16)7(11)13-5-3-4-6-14-8(12)10(2,17)18/h15-18H,3-6H2,1-2H3. The Morgan fingerprint density at radius 1 is 0.833 bits per heavy atom. The highest BCUT2D eigenvalue weighted by Crippen LogP contribution is 2.21. The number of hydrogen-bond acceptors (Lipinski definition) is 8. The van der Waals surface area contributed by atoms with Gasteiger partial charge in [0.25, 0.3) is 0 Å². The van der Waals surface area contributed by atoms with Gasteiger partial charge >= 0.3 is 11.9 Å². The minimum atomic E-state index is -1.09. The lowest BCUT2D eigenvalue weighted by Gasteiger charge is -2.16. The quantitative estimate of drug-likeness (QED) is 0.250. The molecule has 0 spiro atoms. The summed E-state index contributed by atoms with van der Waals surface area (Å²) in [5.41, 5.74) is 0. The number of carbonyl (C=O) groups is 2. The molecule has 0 aliphatic rings. The molecular formula is C10H18O4S4. The number of unbranched alkanes of at least 4 members (excludes halogenated alkanes) is 1. The van der Waals surface area contributed by atoms with E-state index in [0.29, 0.717) is 12.8 Å². The van der Waals surface area contributed by atoms with Gasteiger partial charge in [-0.15, -0.1) is 0 Å². The second-order valence-corrected chi connectivity index (χ2v) is 8.30. The fourth-order valence-corrected chi connectivity index (χ4v) is 1.07. The molecule has 106 valence electrons. The molecule has 0 saturated heterocycles. The summed E-state index contributed by atoms with van der Waals surface area (Å²) in [7, 11) is 0. The summed E-state index contributed by atoms with van der Waals surface area (Å²) in [5.74, 6) is -0.992. The molecule has 0 heterocycles. The Hall–Kier alpha value is 0.340. The summed E-state index contributed by atoms with van der Waals surface area (Å²) in [4.78, 5) is 22.5. The van der Waals surface area contributed by atoms with E-state index in [1.54, 1.807) is 0 Å². The van der Waals surface area contributed by atoms with Crippen molar-refractivity contribution >= 4 is 62.5 Å². The SMILES string of the molecule is CC(S)(S)C(=O)OCCCCOC(=O)C(C)(S)S. The summed E-state index contributed by atoms with van der Waals surface area (Å²) >= 11 is 15.8. The first-order valence-corrected chi connectivity index (χ1v) is 7.08. The maximum atomic E-state index is 11.3. The molecule has 0 aromatic carbocycles. The molecular weight excluding hydrogens is 312 g/mol. The molecule has 0 rings (SSSR count). The highest BCUT2D eigenvalue weighted by Gasteiger charge is 2.26. The fraction of sp³-hybridized carbons (Fsp3) is 0.800. The van der Waals surface area contributed by atoms with E-state index in [9.17, 15) is 9.59 Å². The number of esters is 2. The van der Waals surface area contributed by atoms with Gasteiger partial charge in [-0.05, 0) is 26.7 Å². The molecule has 0 N–H and O–H groups in total. The number of thiol groups is 4. The Balaban J connectivity index is 3.60. The van der Waals surface area contributed by atoms with Gasteiger partial charge in [-0.1, -0.05) is 0 Å². The topological polar surface area (TPSA) is 52.6 Å². The van der Waals surface area contributed by atoms with E-state index in [0.717, 1.165) is 0 Å². The van der Waals surface area contributed by atoms with Crippen molar-refractivity contribution in [3.63, 3.8) is 0 Å². The van der Waals surface area contributed by atoms with E-state index in [1.807, 2.05) is 0 Å². The molecule has 0 fully saturated rings. The largest absolute Gasteiger partial charge is 0.464 e. The second kappa shape index (κ2) is 7.81. The smallest absolute Gasteiger partial charge is 0.331 e. The van der Waals surface area contributed by atoms with Crippen LogP contribution in [0.4, 0.5) is 0 Å². The second-order valence-electron chi connectivity index (χ2n) is 4.02. The van der Waals surface area contributed by atoms with Crippen LogP contribution < -0.4 is 0 Å². The Labute approximate surface area is 129 Å². The van der Waals surface area contributed by atoms with Gasteiger partial charge in [0.1, 0.15) is 0 Å². The van der Waals surface area contributed by atoms with Crippen molar-refractivity contribution in [2.75, 3.05) is 13.2 Å². The first-order chi connectivity index (χ1) is 8.05. The minimum Gasteiger partial charge on any atom is -0.464 e. The van der Waals surface area contributed by atoms with Gasteiger partial charge in [-0.2, -0.15) is 50.5 Å². The summed E-state index contributed by atoms with van der Waals surface area (Å²) in [6.45, 7) is 3.55. The van der Waals surface area contributed by atoms with Crippen molar-refractivity contribution in [1.82, 2.24) is 0 Å². The van der Waals surface area contributed by atoms with Crippen LogP contribution in [-0.2, 0) is 19.1 Å². The zero-order valence-electron chi connectivity index (χ0n) is 10.3. The molecule has 0 aromatic heterocycles. The van der Waals surface area contributed by atoms with E-state index in [-0.39, 0.29) is 13.2 Å². The first kappa shape index (κ1) is 18.3. The summed E-state index contributed by atoms with van der Waals surface area (Å²) in [6, 6.07) is 0. The van der Waals surface area contributed by atoms with Crippen molar-refractivity contribution in [3.8, 4) is 0 Å². The lowest BCUT2D eigenvalue weighted by Crippen LogP contribution is -2.26. The van der Waals surface area contributed by atoms with Gasteiger partial charge in [0.2, 0.25) is 0 Å². The van der Waals surface area contributed by atoms with Gasteiger partial charge in [-0.25, -0.2) is 9.59 Å². The van der Waals surface area contributed by atoms with Crippen LogP contribution in [-0.4, -0.2) is 33.3 Å². The van der Waals surface area contributed by atoms with Gasteiger partial charge < -0.3 is 9.47 Å². The van der Waals surface area contributed by atoms with Crippen LogP contribution in [0, 0.1) is 0 Å². The zero-order chi connectivity index (χ0) is 14.4. The van der Waals surface area contributed by atoms with E-state index in [4.69, 9.17) is 9.47 Å². The third-order valence-electron chi connectivity index (χ3n) is 1.78. The maximum absolute atomic E-state index is 11.3. The van der Waals surface area contributed by atoms with E-state index < -0.39 is 20.1 Å². The molecule has 0 aromatic rings. The molecule has 0 aliphatic heterocycles. The van der Waals surface area contributed by atoms with E-state index in [1.165, 1.54) is 13.8 Å². The van der Waals surface area contributed by atoms with E-state index in [2.05, 4.69) is 50.5 Å². The molecule has 0 radical (unpaired) electrons. The molecule has 0 atom stereocenters. The van der Waals surface area contributed by atoms with Crippen molar-refractivity contribution in [3.05, 3.63) is 0 Å². The molecule has 0 amide bonds. The van der Waals surface area contributed by atoms with Gasteiger partial charge in [0, 0.05) is 0 Å². The summed E-state index contributed by atoms with van der Waals surface area (Å²) in [6.07, 6.45) is 1.18. The van der Waals surface area contributed by atoms with Crippen molar-refractivity contribution in [1.29, 1.82) is 0 Å². The van der Waals surface area contributed by atoms with Crippen LogP contribution in [0.15, 0.2) is 0 Å². The van der Waals surface area contributed by atoms with Crippen LogP contribution >= 0.6 is 50.5 Å². The lowest BCUT2D eigenvalue weighted by atomic mass is 10.3. The molecule has 0 saturated carbocycles. The number of rotatable bonds is 7. The summed E-state index contributed by atoms with van der Waals surface area (Å²) < 4.78 is 7.65. The Morgan fingerprint density at radius 2 is 1.11 bits per heavy atom. The van der Waals surface area contributed by atoms with Crippen LogP contribution in [0.25, 0.3) is 0 Å². The molecule has 0 bridgehead atoms. The van der Waals surface area contributed by atoms with Crippen molar-refractivity contribution in [2.45, 2.75) is 34.8 Å². The minimum absolute atomic E-state index is 0.242. The Morgan fingerprint density at radius 3 is 1.33 bits per heavy atom. The van der Waals surface area contributed by atoms with Gasteiger partial charge in [0.05, 0.1) is 13.2 Å². The molecule has 8 heteroatoms. The highest BCUT2D eigenvalue weighted by molar-refractivity contribution is 8.02. The number of hydrogen-bond donors (Lipinski definition) is 4. The van der Waals surface area contributed by atoms with Crippen molar-refractivity contribution in [2.24, 2.45) is 0 Å². The zero-order valence-corrected chi connectivity index (χ0v) is 13.8. The predicted octanol–water partition coefficient (Wildman–Crippen LogP) is 2.00. The van der Waals surface area contributed by atoms with Crippen molar-refractivity contribution < 1.29 is 19.1 Å². The van der Waals surface area contributed by atoms with Gasteiger partial charge in [-0.3, -0.25) is 0 Å². The number of ether oxygens (including phenoxy) is 2. The lowest BCUT2D eigenvalue weighted by molar-refractivity contribution is -0.146. The average Bonchev–Trinajstić information content (AvgIpc) is 2.19. The monoisotopic (exact) mass is 330 g/mol. The fourth-order valence-electron chi connectivity index (χ4n) is 0.807. The van der Waals surface area contributed by atoms with Crippen LogP contribution in [0.3, 0.4) is 0 Å². The van der Waals surface area contributed by atoms with Crippen LogP contribution in [0.2, 0.25) is 0 Å². The number of carbonyl (C=O) groups excluding carboxylic acids is 2. The first-order valence-electron chi connectivity index (χ1n) is 5.29. The Bertz CT molecular complexity index is 263. The van der Waals surface area contributed by atoms with Gasteiger partial charge in [0.15, 0.2) is 8.16 Å². The van der Waals surface area contributed by atoms with Crippen LogP contribution in [0.5, 0.6) is 0 Å². The maximum Gasteiger partial charge on any atom is 0.331 e. The molecule has 4 nitrogen and oxygen atoms in total.